The third kappa shape index (κ3) is 2.44. The molecule has 0 atom stereocenters. The van der Waals surface area contributed by atoms with Crippen molar-refractivity contribution in [3.63, 3.8) is 0 Å². The van der Waals surface area contributed by atoms with E-state index in [0.29, 0.717) is 5.82 Å². The van der Waals surface area contributed by atoms with Gasteiger partial charge < -0.3 is 0 Å². The number of hydrogen-bond donors (Lipinski definition) is 0. The fourth-order valence-corrected chi connectivity index (χ4v) is 1.46. The fourth-order valence-electron chi connectivity index (χ4n) is 1.46. The number of nitrogens with zero attached hydrogens (tertiary/aromatic N) is 4. The molecule has 7 heteroatoms. The summed E-state index contributed by atoms with van der Waals surface area (Å²) in [5.74, 6) is 0.438. The van der Waals surface area contributed by atoms with Crippen molar-refractivity contribution in [1.29, 1.82) is 0 Å². The first-order valence-electron chi connectivity index (χ1n) is 5.10. The molecule has 0 N–H and O–H groups in total. The van der Waals surface area contributed by atoms with E-state index in [4.69, 9.17) is 0 Å². The molecule has 0 aliphatic rings. The Labute approximate surface area is 101 Å². The van der Waals surface area contributed by atoms with Crippen LogP contribution in [-0.4, -0.2) is 20.4 Å². The van der Waals surface area contributed by atoms with Gasteiger partial charge in [-0.3, -0.25) is 0 Å². The van der Waals surface area contributed by atoms with Crippen molar-refractivity contribution in [2.24, 2.45) is 0 Å². The average Bonchev–Trinajstić information content (AvgIpc) is 2.29. The fraction of sp³-hybridized carbons (Fsp3) is 0.273. The first-order chi connectivity index (χ1) is 8.38. The summed E-state index contributed by atoms with van der Waals surface area (Å²) >= 11 is 0. The maximum atomic E-state index is 12.7. The van der Waals surface area contributed by atoms with E-state index in [1.165, 1.54) is 19.1 Å². The molecule has 2 rings (SSSR count). The van der Waals surface area contributed by atoms with Crippen LogP contribution in [0.4, 0.5) is 13.2 Å². The van der Waals surface area contributed by atoms with E-state index >= 15 is 0 Å². The summed E-state index contributed by atoms with van der Waals surface area (Å²) in [7, 11) is 0. The number of alkyl halides is 3. The third-order valence-electron chi connectivity index (χ3n) is 2.38. The molecule has 4 nitrogen and oxygen atoms in total. The first kappa shape index (κ1) is 12.4. The number of hydrogen-bond acceptors (Lipinski definition) is 4. The Morgan fingerprint density at radius 2 is 1.56 bits per heavy atom. The summed E-state index contributed by atoms with van der Waals surface area (Å²) < 4.78 is 38.2. The zero-order chi connectivity index (χ0) is 13.3. The molecule has 0 aliphatic heterocycles. The molecule has 0 radical (unpaired) electrons. The van der Waals surface area contributed by atoms with E-state index in [2.05, 4.69) is 20.4 Å². The van der Waals surface area contributed by atoms with E-state index in [9.17, 15) is 13.2 Å². The molecule has 1 aromatic heterocycles. The highest BCUT2D eigenvalue weighted by atomic mass is 19.4. The summed E-state index contributed by atoms with van der Waals surface area (Å²) in [6.07, 6.45) is -4.40. The van der Waals surface area contributed by atoms with Gasteiger partial charge in [-0.1, -0.05) is 12.1 Å². The number of benzene rings is 1. The van der Waals surface area contributed by atoms with Crippen LogP contribution in [0, 0.1) is 13.8 Å². The quantitative estimate of drug-likeness (QED) is 0.784. The number of rotatable bonds is 1. The van der Waals surface area contributed by atoms with E-state index in [1.54, 1.807) is 6.92 Å². The molecule has 0 unspecified atom stereocenters. The van der Waals surface area contributed by atoms with Crippen molar-refractivity contribution in [3.05, 3.63) is 35.2 Å². The molecule has 94 valence electrons. The summed E-state index contributed by atoms with van der Waals surface area (Å²) in [4.78, 5) is 0. The van der Waals surface area contributed by atoms with Crippen LogP contribution in [0.2, 0.25) is 0 Å². The van der Waals surface area contributed by atoms with Crippen LogP contribution >= 0.6 is 0 Å². The minimum Gasteiger partial charge on any atom is -0.166 e. The van der Waals surface area contributed by atoms with Crippen LogP contribution in [0.25, 0.3) is 11.4 Å². The molecule has 2 aromatic rings. The Balaban J connectivity index is 2.50. The van der Waals surface area contributed by atoms with Gasteiger partial charge in [-0.05, 0) is 25.5 Å². The normalized spacial score (nSPS) is 11.6. The van der Waals surface area contributed by atoms with Gasteiger partial charge in [0.2, 0.25) is 5.82 Å². The van der Waals surface area contributed by atoms with Crippen molar-refractivity contribution >= 4 is 0 Å². The van der Waals surface area contributed by atoms with Crippen LogP contribution in [0.1, 0.15) is 17.0 Å². The second kappa shape index (κ2) is 4.32. The molecular formula is C11H9F3N4. The van der Waals surface area contributed by atoms with Gasteiger partial charge in [-0.2, -0.15) is 13.2 Å². The van der Waals surface area contributed by atoms with E-state index in [-0.39, 0.29) is 17.0 Å². The van der Waals surface area contributed by atoms with Crippen LogP contribution < -0.4 is 0 Å². The van der Waals surface area contributed by atoms with Gasteiger partial charge >= 0.3 is 6.18 Å². The molecule has 0 bridgehead atoms. The largest absolute Gasteiger partial charge is 0.416 e. The molecule has 0 saturated heterocycles. The van der Waals surface area contributed by atoms with Gasteiger partial charge in [0, 0.05) is 5.56 Å². The molecule has 1 heterocycles. The van der Waals surface area contributed by atoms with Crippen molar-refractivity contribution in [3.8, 4) is 11.4 Å². The molecular weight excluding hydrogens is 245 g/mol. The van der Waals surface area contributed by atoms with Gasteiger partial charge in [0.05, 0.1) is 5.56 Å². The van der Waals surface area contributed by atoms with Gasteiger partial charge in [-0.25, -0.2) is 0 Å². The van der Waals surface area contributed by atoms with E-state index < -0.39 is 11.7 Å². The SMILES string of the molecule is Cc1nnc(-c2ccc(C)c(C(F)(F)F)c2)nn1. The van der Waals surface area contributed by atoms with Crippen molar-refractivity contribution in [1.82, 2.24) is 20.4 Å². The Kier molecular flexibility index (Phi) is 2.98. The molecule has 0 amide bonds. The number of aryl methyl sites for hydroxylation is 2. The topological polar surface area (TPSA) is 51.6 Å². The lowest BCUT2D eigenvalue weighted by atomic mass is 10.0. The second-order valence-electron chi connectivity index (χ2n) is 3.80. The minimum absolute atomic E-state index is 0.0751. The monoisotopic (exact) mass is 254 g/mol. The summed E-state index contributed by atoms with van der Waals surface area (Å²) in [5, 5.41) is 14.8. The molecule has 0 aliphatic carbocycles. The van der Waals surface area contributed by atoms with Crippen LogP contribution in [0.3, 0.4) is 0 Å². The van der Waals surface area contributed by atoms with Crippen molar-refractivity contribution in [2.75, 3.05) is 0 Å². The Bertz CT molecular complexity index is 563. The van der Waals surface area contributed by atoms with Crippen molar-refractivity contribution < 1.29 is 13.2 Å². The molecule has 0 fully saturated rings. The first-order valence-corrected chi connectivity index (χ1v) is 5.10. The van der Waals surface area contributed by atoms with Crippen LogP contribution in [-0.2, 0) is 6.18 Å². The highest BCUT2D eigenvalue weighted by Gasteiger charge is 2.32. The van der Waals surface area contributed by atoms with Gasteiger partial charge in [0.15, 0.2) is 5.82 Å². The molecule has 18 heavy (non-hydrogen) atoms. The summed E-state index contributed by atoms with van der Waals surface area (Å²) in [6.45, 7) is 3.00. The summed E-state index contributed by atoms with van der Waals surface area (Å²) in [6, 6.07) is 3.89. The molecule has 1 aromatic carbocycles. The maximum Gasteiger partial charge on any atom is 0.416 e. The zero-order valence-electron chi connectivity index (χ0n) is 9.65. The lowest BCUT2D eigenvalue weighted by Gasteiger charge is -2.11. The number of halogens is 3. The average molecular weight is 254 g/mol. The minimum atomic E-state index is -4.40. The van der Waals surface area contributed by atoms with Crippen LogP contribution in [0.5, 0.6) is 0 Å². The third-order valence-corrected chi connectivity index (χ3v) is 2.38. The van der Waals surface area contributed by atoms with E-state index in [0.717, 1.165) is 6.07 Å². The number of aromatic nitrogens is 4. The lowest BCUT2D eigenvalue weighted by molar-refractivity contribution is -0.138. The summed E-state index contributed by atoms with van der Waals surface area (Å²) in [5.41, 5.74) is -0.309. The molecule has 0 spiro atoms. The lowest BCUT2D eigenvalue weighted by Crippen LogP contribution is -2.08. The predicted octanol–water partition coefficient (Wildman–Crippen LogP) is 2.57. The zero-order valence-corrected chi connectivity index (χ0v) is 9.65. The van der Waals surface area contributed by atoms with E-state index in [1.807, 2.05) is 0 Å². The van der Waals surface area contributed by atoms with Crippen LogP contribution in [0.15, 0.2) is 18.2 Å². The smallest absolute Gasteiger partial charge is 0.166 e. The van der Waals surface area contributed by atoms with Crippen molar-refractivity contribution in [2.45, 2.75) is 20.0 Å². The van der Waals surface area contributed by atoms with Gasteiger partial charge in [0.25, 0.3) is 0 Å². The standard InChI is InChI=1S/C11H9F3N4/c1-6-3-4-8(5-9(6)11(12,13)14)10-17-15-7(2)16-18-10/h3-5H,1-2H3. The second-order valence-corrected chi connectivity index (χ2v) is 3.80. The molecule has 0 saturated carbocycles. The predicted molar refractivity (Wildman–Crippen MR) is 57.5 cm³/mol. The van der Waals surface area contributed by atoms with Gasteiger partial charge in [-0.15, -0.1) is 20.4 Å². The maximum absolute atomic E-state index is 12.7. The highest BCUT2D eigenvalue weighted by molar-refractivity contribution is 5.56. The Hall–Kier alpha value is -2.05. The Morgan fingerprint density at radius 1 is 0.944 bits per heavy atom. The highest BCUT2D eigenvalue weighted by Crippen LogP contribution is 2.33. The van der Waals surface area contributed by atoms with Gasteiger partial charge in [0.1, 0.15) is 0 Å². The Morgan fingerprint density at radius 3 is 2.11 bits per heavy atom.